The van der Waals surface area contributed by atoms with Gasteiger partial charge in [0.2, 0.25) is 0 Å². The summed E-state index contributed by atoms with van der Waals surface area (Å²) in [7, 11) is 0. The fourth-order valence-electron chi connectivity index (χ4n) is 3.01. The Morgan fingerprint density at radius 2 is 1.68 bits per heavy atom. The van der Waals surface area contributed by atoms with Crippen LogP contribution in [0.5, 0.6) is 0 Å². The normalized spacial score (nSPS) is 19.8. The summed E-state index contributed by atoms with van der Waals surface area (Å²) >= 11 is 0. The third-order valence-electron chi connectivity index (χ3n) is 4.22. The third-order valence-corrected chi connectivity index (χ3v) is 4.22. The van der Waals surface area contributed by atoms with Crippen LogP contribution in [0.4, 0.5) is 0 Å². The molecule has 1 heterocycles. The first-order chi connectivity index (χ1) is 9.18. The molecule has 0 amide bonds. The molecule has 2 atom stereocenters. The third kappa shape index (κ3) is 4.05. The van der Waals surface area contributed by atoms with E-state index in [2.05, 4.69) is 61.3 Å². The molecule has 1 saturated heterocycles. The van der Waals surface area contributed by atoms with Crippen LogP contribution in [0.3, 0.4) is 0 Å². The van der Waals surface area contributed by atoms with E-state index in [9.17, 15) is 0 Å². The predicted molar refractivity (Wildman–Crippen MR) is 82.3 cm³/mol. The Bertz CT molecular complexity index is 355. The average molecular weight is 260 g/mol. The zero-order valence-electron chi connectivity index (χ0n) is 12.6. The van der Waals surface area contributed by atoms with Gasteiger partial charge in [-0.3, -0.25) is 4.90 Å². The second-order valence-corrected chi connectivity index (χ2v) is 6.13. The molecule has 0 radical (unpaired) electrons. The van der Waals surface area contributed by atoms with Crippen LogP contribution >= 0.6 is 0 Å². The highest BCUT2D eigenvalue weighted by molar-refractivity contribution is 5.19. The molecule has 1 fully saturated rings. The van der Waals surface area contributed by atoms with Gasteiger partial charge in [0.1, 0.15) is 0 Å². The van der Waals surface area contributed by atoms with Gasteiger partial charge in [0.05, 0.1) is 0 Å². The molecule has 1 aromatic carbocycles. The minimum atomic E-state index is 0.464. The maximum Gasteiger partial charge on any atom is 0.0344 e. The van der Waals surface area contributed by atoms with Crippen LogP contribution < -0.4 is 5.32 Å². The molecule has 1 aromatic rings. The van der Waals surface area contributed by atoms with Gasteiger partial charge in [-0.2, -0.15) is 0 Å². The number of hydrogen-bond donors (Lipinski definition) is 1. The van der Waals surface area contributed by atoms with E-state index in [4.69, 9.17) is 0 Å². The van der Waals surface area contributed by atoms with E-state index in [1.807, 2.05) is 0 Å². The summed E-state index contributed by atoms with van der Waals surface area (Å²) in [5, 5.41) is 3.77. The van der Waals surface area contributed by atoms with Crippen molar-refractivity contribution in [1.29, 1.82) is 0 Å². The molecule has 1 aliphatic heterocycles. The van der Waals surface area contributed by atoms with Crippen LogP contribution in [0.25, 0.3) is 0 Å². The predicted octanol–water partition coefficient (Wildman–Crippen LogP) is 3.46. The Morgan fingerprint density at radius 3 is 2.26 bits per heavy atom. The van der Waals surface area contributed by atoms with Crippen LogP contribution in [0, 0.1) is 5.92 Å². The van der Waals surface area contributed by atoms with Gasteiger partial charge >= 0.3 is 0 Å². The fourth-order valence-corrected chi connectivity index (χ4v) is 3.01. The Morgan fingerprint density at radius 1 is 1.05 bits per heavy atom. The maximum atomic E-state index is 3.77. The molecule has 2 rings (SSSR count). The van der Waals surface area contributed by atoms with Crippen LogP contribution in [0.1, 0.15) is 45.2 Å². The highest BCUT2D eigenvalue weighted by atomic mass is 15.2. The van der Waals surface area contributed by atoms with Gasteiger partial charge in [0.25, 0.3) is 0 Å². The SMILES string of the molecule is CC(C)C(NCC(C)N1CCCC1)c1ccccc1. The van der Waals surface area contributed by atoms with Gasteiger partial charge in [-0.05, 0) is 44.3 Å². The molecule has 106 valence electrons. The van der Waals surface area contributed by atoms with Crippen molar-refractivity contribution in [3.8, 4) is 0 Å². The maximum absolute atomic E-state index is 3.77. The monoisotopic (exact) mass is 260 g/mol. The Hall–Kier alpha value is -0.860. The number of nitrogens with one attached hydrogen (secondary N) is 1. The largest absolute Gasteiger partial charge is 0.308 e. The number of rotatable bonds is 6. The van der Waals surface area contributed by atoms with Gasteiger partial charge in [0, 0.05) is 18.6 Å². The Balaban J connectivity index is 1.90. The van der Waals surface area contributed by atoms with Crippen molar-refractivity contribution >= 4 is 0 Å². The van der Waals surface area contributed by atoms with E-state index in [0.717, 1.165) is 6.54 Å². The summed E-state index contributed by atoms with van der Waals surface area (Å²) in [5.74, 6) is 0.619. The van der Waals surface area contributed by atoms with Crippen LogP contribution in [-0.4, -0.2) is 30.6 Å². The number of hydrogen-bond acceptors (Lipinski definition) is 2. The summed E-state index contributed by atoms with van der Waals surface area (Å²) in [6.07, 6.45) is 2.74. The zero-order valence-corrected chi connectivity index (χ0v) is 12.6. The molecule has 0 aromatic heterocycles. The minimum absolute atomic E-state index is 0.464. The van der Waals surface area contributed by atoms with Crippen molar-refractivity contribution in [3.63, 3.8) is 0 Å². The first kappa shape index (κ1) is 14.5. The van der Waals surface area contributed by atoms with Crippen molar-refractivity contribution in [2.75, 3.05) is 19.6 Å². The second-order valence-electron chi connectivity index (χ2n) is 6.13. The molecule has 2 unspecified atom stereocenters. The summed E-state index contributed by atoms with van der Waals surface area (Å²) < 4.78 is 0. The van der Waals surface area contributed by atoms with Crippen molar-refractivity contribution in [3.05, 3.63) is 35.9 Å². The topological polar surface area (TPSA) is 15.3 Å². The molecule has 0 bridgehead atoms. The standard InChI is InChI=1S/C17H28N2/c1-14(2)17(16-9-5-4-6-10-16)18-13-15(3)19-11-7-8-12-19/h4-6,9-10,14-15,17-18H,7-8,11-13H2,1-3H3. The number of nitrogens with zero attached hydrogens (tertiary/aromatic N) is 1. The highest BCUT2D eigenvalue weighted by Gasteiger charge is 2.20. The quantitative estimate of drug-likeness (QED) is 0.842. The lowest BCUT2D eigenvalue weighted by Crippen LogP contribution is -2.40. The lowest BCUT2D eigenvalue weighted by atomic mass is 9.96. The summed E-state index contributed by atoms with van der Waals surface area (Å²) in [6, 6.07) is 11.9. The second kappa shape index (κ2) is 7.06. The van der Waals surface area contributed by atoms with E-state index < -0.39 is 0 Å². The van der Waals surface area contributed by atoms with E-state index in [1.54, 1.807) is 0 Å². The van der Waals surface area contributed by atoms with Gasteiger partial charge in [-0.15, -0.1) is 0 Å². The van der Waals surface area contributed by atoms with E-state index in [1.165, 1.54) is 31.5 Å². The van der Waals surface area contributed by atoms with Crippen molar-refractivity contribution in [1.82, 2.24) is 10.2 Å². The molecule has 19 heavy (non-hydrogen) atoms. The first-order valence-electron chi connectivity index (χ1n) is 7.71. The van der Waals surface area contributed by atoms with E-state index >= 15 is 0 Å². The molecule has 1 aliphatic rings. The zero-order chi connectivity index (χ0) is 13.7. The van der Waals surface area contributed by atoms with Gasteiger partial charge in [-0.25, -0.2) is 0 Å². The van der Waals surface area contributed by atoms with E-state index in [0.29, 0.717) is 18.0 Å². The smallest absolute Gasteiger partial charge is 0.0344 e. The Kier molecular flexibility index (Phi) is 5.41. The summed E-state index contributed by atoms with van der Waals surface area (Å²) in [5.41, 5.74) is 1.41. The molecule has 2 heteroatoms. The van der Waals surface area contributed by atoms with Gasteiger partial charge in [-0.1, -0.05) is 44.2 Å². The molecule has 0 spiro atoms. The Labute approximate surface area is 118 Å². The molecule has 1 N–H and O–H groups in total. The molecule has 0 saturated carbocycles. The molecule has 0 aliphatic carbocycles. The molecule has 2 nitrogen and oxygen atoms in total. The minimum Gasteiger partial charge on any atom is -0.308 e. The molecular formula is C17H28N2. The summed E-state index contributed by atoms with van der Waals surface area (Å²) in [6.45, 7) is 10.6. The van der Waals surface area contributed by atoms with Crippen LogP contribution in [0.15, 0.2) is 30.3 Å². The lowest BCUT2D eigenvalue weighted by Gasteiger charge is -2.29. The molecular weight excluding hydrogens is 232 g/mol. The van der Waals surface area contributed by atoms with Crippen molar-refractivity contribution in [2.45, 2.75) is 45.7 Å². The first-order valence-corrected chi connectivity index (χ1v) is 7.71. The number of benzene rings is 1. The van der Waals surface area contributed by atoms with Gasteiger partial charge in [0.15, 0.2) is 0 Å². The van der Waals surface area contributed by atoms with Crippen LogP contribution in [-0.2, 0) is 0 Å². The van der Waals surface area contributed by atoms with Crippen molar-refractivity contribution in [2.24, 2.45) is 5.92 Å². The summed E-state index contributed by atoms with van der Waals surface area (Å²) in [4.78, 5) is 2.61. The lowest BCUT2D eigenvalue weighted by molar-refractivity contribution is 0.239. The van der Waals surface area contributed by atoms with Crippen LogP contribution in [0.2, 0.25) is 0 Å². The number of likely N-dealkylation sites (tertiary alicyclic amines) is 1. The highest BCUT2D eigenvalue weighted by Crippen LogP contribution is 2.21. The average Bonchev–Trinajstić information content (AvgIpc) is 2.93. The van der Waals surface area contributed by atoms with E-state index in [-0.39, 0.29) is 0 Å². The van der Waals surface area contributed by atoms with Gasteiger partial charge < -0.3 is 5.32 Å². The fraction of sp³-hybridized carbons (Fsp3) is 0.647. The van der Waals surface area contributed by atoms with Crippen molar-refractivity contribution < 1.29 is 0 Å².